The zero-order valence-corrected chi connectivity index (χ0v) is 14.5. The van der Waals surface area contributed by atoms with Crippen molar-refractivity contribution in [2.24, 2.45) is 0 Å². The zero-order valence-electron chi connectivity index (χ0n) is 14.5. The monoisotopic (exact) mass is 291 g/mol. The van der Waals surface area contributed by atoms with Gasteiger partial charge in [-0.3, -0.25) is 0 Å². The normalized spacial score (nSPS) is 12.0. The third-order valence-corrected chi connectivity index (χ3v) is 4.07. The van der Waals surface area contributed by atoms with E-state index in [1.54, 1.807) is 0 Å². The summed E-state index contributed by atoms with van der Waals surface area (Å²) >= 11 is 0. The van der Waals surface area contributed by atoms with E-state index in [9.17, 15) is 5.26 Å². The molecule has 0 aromatic heterocycles. The smallest absolute Gasteiger partial charge is 0.0998 e. The van der Waals surface area contributed by atoms with Crippen molar-refractivity contribution in [1.82, 2.24) is 0 Å². The highest BCUT2D eigenvalue weighted by Crippen LogP contribution is 2.31. The van der Waals surface area contributed by atoms with Gasteiger partial charge in [0, 0.05) is 0 Å². The van der Waals surface area contributed by atoms with E-state index in [2.05, 4.69) is 84.0 Å². The maximum absolute atomic E-state index is 9.50. The van der Waals surface area contributed by atoms with E-state index in [0.717, 1.165) is 16.7 Å². The van der Waals surface area contributed by atoms with Gasteiger partial charge >= 0.3 is 0 Å². The second-order valence-electron chi connectivity index (χ2n) is 7.95. The summed E-state index contributed by atoms with van der Waals surface area (Å²) in [6, 6.07) is 17.1. The minimum Gasteiger partial charge on any atom is -0.192 e. The molecule has 2 aromatic carbocycles. The van der Waals surface area contributed by atoms with E-state index in [1.165, 1.54) is 11.1 Å². The molecule has 1 heteroatoms. The fraction of sp³-hybridized carbons (Fsp3) is 0.381. The van der Waals surface area contributed by atoms with Crippen LogP contribution in [-0.2, 0) is 10.8 Å². The van der Waals surface area contributed by atoms with Crippen molar-refractivity contribution in [2.45, 2.75) is 52.4 Å². The number of benzene rings is 2. The minimum absolute atomic E-state index is 0.0558. The van der Waals surface area contributed by atoms with Crippen LogP contribution >= 0.6 is 0 Å². The Morgan fingerprint density at radius 2 is 1.23 bits per heavy atom. The molecule has 0 unspecified atom stereocenters. The summed E-state index contributed by atoms with van der Waals surface area (Å²) < 4.78 is 0. The predicted octanol–water partition coefficient (Wildman–Crippen LogP) is 5.82. The summed E-state index contributed by atoms with van der Waals surface area (Å²) in [6.07, 6.45) is 0. The highest BCUT2D eigenvalue weighted by atomic mass is 14.3. The van der Waals surface area contributed by atoms with Crippen molar-refractivity contribution in [2.75, 3.05) is 0 Å². The van der Waals surface area contributed by atoms with Gasteiger partial charge in [-0.2, -0.15) is 5.26 Å². The molecule has 0 aliphatic carbocycles. The van der Waals surface area contributed by atoms with Crippen LogP contribution in [0.3, 0.4) is 0 Å². The Kier molecular flexibility index (Phi) is 4.16. The number of nitriles is 1. The van der Waals surface area contributed by atoms with Gasteiger partial charge in [-0.15, -0.1) is 0 Å². The summed E-state index contributed by atoms with van der Waals surface area (Å²) in [5, 5.41) is 9.50. The molecule has 0 amide bonds. The first-order valence-electron chi connectivity index (χ1n) is 7.78. The van der Waals surface area contributed by atoms with Crippen LogP contribution in [0.1, 0.15) is 58.2 Å². The molecule has 0 heterocycles. The van der Waals surface area contributed by atoms with Gasteiger partial charge < -0.3 is 0 Å². The summed E-state index contributed by atoms with van der Waals surface area (Å²) in [4.78, 5) is 0. The molecule has 0 saturated carbocycles. The third-order valence-electron chi connectivity index (χ3n) is 4.07. The van der Waals surface area contributed by atoms with Gasteiger partial charge in [-0.05, 0) is 39.2 Å². The van der Waals surface area contributed by atoms with E-state index >= 15 is 0 Å². The fourth-order valence-electron chi connectivity index (χ4n) is 2.50. The van der Waals surface area contributed by atoms with Crippen LogP contribution in [-0.4, -0.2) is 0 Å². The van der Waals surface area contributed by atoms with Crippen LogP contribution < -0.4 is 0 Å². The Morgan fingerprint density at radius 1 is 0.727 bits per heavy atom. The lowest BCUT2D eigenvalue weighted by molar-refractivity contribution is 0.589. The number of hydrogen-bond donors (Lipinski definition) is 0. The molecular formula is C21H25N. The minimum atomic E-state index is 0.0558. The molecule has 0 aliphatic rings. The van der Waals surface area contributed by atoms with E-state index < -0.39 is 0 Å². The molecule has 1 nitrogen and oxygen atoms in total. The lowest BCUT2D eigenvalue weighted by Gasteiger charge is -2.21. The van der Waals surface area contributed by atoms with Gasteiger partial charge in [0.25, 0.3) is 0 Å². The quantitative estimate of drug-likeness (QED) is 0.649. The standard InChI is InChI=1S/C21H25N/c1-20(2,3)17-9-7-15(8-10-17)19-12-11-18(21(4,5)6)13-16(19)14-22/h7-13H,1-6H3. The lowest BCUT2D eigenvalue weighted by atomic mass is 9.83. The van der Waals surface area contributed by atoms with Crippen LogP contribution in [0.25, 0.3) is 11.1 Å². The van der Waals surface area contributed by atoms with Gasteiger partial charge in [-0.25, -0.2) is 0 Å². The van der Waals surface area contributed by atoms with E-state index in [4.69, 9.17) is 0 Å². The Morgan fingerprint density at radius 3 is 1.68 bits per heavy atom. The molecular weight excluding hydrogens is 266 g/mol. The van der Waals surface area contributed by atoms with Crippen LogP contribution in [0.2, 0.25) is 0 Å². The molecule has 2 aromatic rings. The SMILES string of the molecule is CC(C)(C)c1ccc(-c2ccc(C(C)(C)C)cc2C#N)cc1. The fourth-order valence-corrected chi connectivity index (χ4v) is 2.50. The maximum atomic E-state index is 9.50. The number of nitrogens with zero attached hydrogens (tertiary/aromatic N) is 1. The van der Waals surface area contributed by atoms with E-state index in [-0.39, 0.29) is 10.8 Å². The van der Waals surface area contributed by atoms with Crippen molar-refractivity contribution >= 4 is 0 Å². The van der Waals surface area contributed by atoms with E-state index in [0.29, 0.717) is 0 Å². The highest BCUT2D eigenvalue weighted by Gasteiger charge is 2.17. The second-order valence-corrected chi connectivity index (χ2v) is 7.95. The van der Waals surface area contributed by atoms with Crippen LogP contribution in [0, 0.1) is 11.3 Å². The maximum Gasteiger partial charge on any atom is 0.0998 e. The first kappa shape index (κ1) is 16.3. The Balaban J connectivity index is 2.47. The molecule has 2 rings (SSSR count). The summed E-state index contributed by atoms with van der Waals surface area (Å²) in [6.45, 7) is 13.1. The first-order valence-corrected chi connectivity index (χ1v) is 7.78. The van der Waals surface area contributed by atoms with Crippen LogP contribution in [0.5, 0.6) is 0 Å². The van der Waals surface area contributed by atoms with Crippen LogP contribution in [0.4, 0.5) is 0 Å². The molecule has 0 aliphatic heterocycles. The predicted molar refractivity (Wildman–Crippen MR) is 94.0 cm³/mol. The second kappa shape index (κ2) is 5.61. The summed E-state index contributed by atoms with van der Waals surface area (Å²) in [7, 11) is 0. The summed E-state index contributed by atoms with van der Waals surface area (Å²) in [5.41, 5.74) is 5.56. The lowest BCUT2D eigenvalue weighted by Crippen LogP contribution is -2.11. The topological polar surface area (TPSA) is 23.8 Å². The first-order chi connectivity index (χ1) is 10.1. The Bertz CT molecular complexity index is 702. The van der Waals surface area contributed by atoms with Gasteiger partial charge in [0.1, 0.15) is 0 Å². The summed E-state index contributed by atoms with van der Waals surface area (Å²) in [5.74, 6) is 0. The van der Waals surface area contributed by atoms with Crippen LogP contribution in [0.15, 0.2) is 42.5 Å². The Labute approximate surface area is 134 Å². The number of hydrogen-bond acceptors (Lipinski definition) is 1. The van der Waals surface area contributed by atoms with Crippen molar-refractivity contribution < 1.29 is 0 Å². The molecule has 0 fully saturated rings. The molecule has 0 bridgehead atoms. The van der Waals surface area contributed by atoms with Crippen molar-refractivity contribution in [1.29, 1.82) is 5.26 Å². The largest absolute Gasteiger partial charge is 0.192 e. The molecule has 22 heavy (non-hydrogen) atoms. The van der Waals surface area contributed by atoms with Gasteiger partial charge in [0.2, 0.25) is 0 Å². The molecule has 0 N–H and O–H groups in total. The average molecular weight is 291 g/mol. The van der Waals surface area contributed by atoms with Gasteiger partial charge in [0.05, 0.1) is 11.6 Å². The molecule has 0 atom stereocenters. The van der Waals surface area contributed by atoms with Gasteiger partial charge in [0.15, 0.2) is 0 Å². The van der Waals surface area contributed by atoms with Crippen molar-refractivity contribution in [3.05, 3.63) is 59.2 Å². The Hall–Kier alpha value is -2.07. The van der Waals surface area contributed by atoms with Crippen molar-refractivity contribution in [3.63, 3.8) is 0 Å². The van der Waals surface area contributed by atoms with Crippen molar-refractivity contribution in [3.8, 4) is 17.2 Å². The molecule has 0 saturated heterocycles. The van der Waals surface area contributed by atoms with Gasteiger partial charge in [-0.1, -0.05) is 77.9 Å². The average Bonchev–Trinajstić information content (AvgIpc) is 2.45. The molecule has 114 valence electrons. The molecule has 0 spiro atoms. The molecule has 0 radical (unpaired) electrons. The third kappa shape index (κ3) is 3.39. The van der Waals surface area contributed by atoms with E-state index in [1.807, 2.05) is 6.07 Å². The highest BCUT2D eigenvalue weighted by molar-refractivity contribution is 5.71. The number of rotatable bonds is 1. The zero-order chi connectivity index (χ0) is 16.5.